The van der Waals surface area contributed by atoms with Crippen LogP contribution in [0.3, 0.4) is 0 Å². The summed E-state index contributed by atoms with van der Waals surface area (Å²) in [6, 6.07) is 18.3. The van der Waals surface area contributed by atoms with Crippen LogP contribution in [-0.4, -0.2) is 46.6 Å². The average Bonchev–Trinajstić information content (AvgIpc) is 3.10. The highest BCUT2D eigenvalue weighted by atomic mass is 16.5. The first-order valence-electron chi connectivity index (χ1n) is 13.7. The molecule has 0 radical (unpaired) electrons. The van der Waals surface area contributed by atoms with Crippen LogP contribution in [0.15, 0.2) is 54.6 Å². The summed E-state index contributed by atoms with van der Waals surface area (Å²) in [6.45, 7) is 1.33. The Hall–Kier alpha value is -4.14. The van der Waals surface area contributed by atoms with E-state index >= 15 is 0 Å². The third-order valence-electron chi connectivity index (χ3n) is 7.67. The maximum Gasteiger partial charge on any atom is 0.303 e. The van der Waals surface area contributed by atoms with Gasteiger partial charge in [0.2, 0.25) is 11.8 Å². The topological polar surface area (TPSA) is 131 Å². The summed E-state index contributed by atoms with van der Waals surface area (Å²) in [7, 11) is 0. The molecule has 1 saturated carbocycles. The van der Waals surface area contributed by atoms with Gasteiger partial charge in [0.1, 0.15) is 18.0 Å². The zero-order chi connectivity index (χ0) is 27.2. The molecule has 5 rings (SSSR count). The van der Waals surface area contributed by atoms with Crippen molar-refractivity contribution in [2.75, 3.05) is 35.6 Å². The van der Waals surface area contributed by atoms with Crippen molar-refractivity contribution in [2.24, 2.45) is 5.92 Å². The van der Waals surface area contributed by atoms with Crippen LogP contribution in [0, 0.1) is 5.92 Å². The lowest BCUT2D eigenvalue weighted by Crippen LogP contribution is -2.32. The van der Waals surface area contributed by atoms with Gasteiger partial charge in [-0.15, -0.1) is 0 Å². The second-order valence-corrected chi connectivity index (χ2v) is 10.3. The Morgan fingerprint density at radius 1 is 1.05 bits per heavy atom. The molecule has 204 valence electrons. The van der Waals surface area contributed by atoms with E-state index in [1.807, 2.05) is 30.3 Å². The van der Waals surface area contributed by atoms with E-state index < -0.39 is 5.97 Å². The van der Waals surface area contributed by atoms with E-state index in [1.54, 1.807) is 4.90 Å². The first-order chi connectivity index (χ1) is 19.0. The van der Waals surface area contributed by atoms with Gasteiger partial charge in [0.25, 0.3) is 5.91 Å². The van der Waals surface area contributed by atoms with Crippen molar-refractivity contribution in [1.29, 1.82) is 0 Å². The van der Waals surface area contributed by atoms with Crippen molar-refractivity contribution in [2.45, 2.75) is 50.9 Å². The smallest absolute Gasteiger partial charge is 0.303 e. The van der Waals surface area contributed by atoms with Gasteiger partial charge >= 0.3 is 5.97 Å². The van der Waals surface area contributed by atoms with E-state index in [0.29, 0.717) is 25.0 Å². The number of carboxylic acids is 1. The Morgan fingerprint density at radius 3 is 2.51 bits per heavy atom. The summed E-state index contributed by atoms with van der Waals surface area (Å²) < 4.78 is 5.85. The number of fused-ring (bicyclic) bond motifs is 1. The second kappa shape index (κ2) is 12.1. The number of hydrogen-bond acceptors (Lipinski definition) is 7. The van der Waals surface area contributed by atoms with Crippen LogP contribution in [-0.2, 0) is 11.2 Å². The van der Waals surface area contributed by atoms with Gasteiger partial charge in [-0.3, -0.25) is 9.59 Å². The maximum atomic E-state index is 13.5. The zero-order valence-corrected chi connectivity index (χ0v) is 22.0. The van der Waals surface area contributed by atoms with Crippen molar-refractivity contribution in [1.82, 2.24) is 9.97 Å². The number of carboxylic acid groups (broad SMARTS) is 1. The van der Waals surface area contributed by atoms with Crippen molar-refractivity contribution in [3.05, 3.63) is 71.3 Å². The maximum absolute atomic E-state index is 13.5. The predicted molar refractivity (Wildman–Crippen MR) is 150 cm³/mol. The number of nitrogens with one attached hydrogen (secondary N) is 1. The minimum Gasteiger partial charge on any atom is -0.481 e. The molecule has 39 heavy (non-hydrogen) atoms. The molecule has 9 heteroatoms. The molecule has 0 bridgehead atoms. The molecule has 3 aromatic rings. The molecule has 2 heterocycles. The van der Waals surface area contributed by atoms with Crippen LogP contribution in [0.1, 0.15) is 65.9 Å². The molecule has 2 aliphatic rings. The predicted octanol–water partition coefficient (Wildman–Crippen LogP) is 4.89. The summed E-state index contributed by atoms with van der Waals surface area (Å²) in [4.78, 5) is 35.0. The number of nitrogens with two attached hydrogens (primary N) is 1. The molecule has 1 aromatic heterocycles. The first-order valence-corrected chi connectivity index (χ1v) is 13.7. The number of carbonyl (C=O) groups excluding carboxylic acids is 1. The van der Waals surface area contributed by atoms with Gasteiger partial charge in [-0.2, -0.15) is 9.97 Å². The monoisotopic (exact) mass is 529 g/mol. The van der Waals surface area contributed by atoms with Gasteiger partial charge in [-0.25, -0.2) is 0 Å². The minimum absolute atomic E-state index is 0.0946. The number of anilines is 3. The first kappa shape index (κ1) is 26.5. The van der Waals surface area contributed by atoms with Gasteiger partial charge in [-0.05, 0) is 73.6 Å². The van der Waals surface area contributed by atoms with Gasteiger partial charge in [0.05, 0.1) is 6.54 Å². The number of rotatable bonds is 9. The Morgan fingerprint density at radius 2 is 1.79 bits per heavy atom. The third-order valence-corrected chi connectivity index (χ3v) is 7.67. The van der Waals surface area contributed by atoms with E-state index in [4.69, 9.17) is 15.6 Å². The number of ether oxygens (including phenoxy) is 1. The molecule has 0 saturated heterocycles. The quantitative estimate of drug-likeness (QED) is 0.334. The van der Waals surface area contributed by atoms with Crippen LogP contribution in [0.5, 0.6) is 5.88 Å². The van der Waals surface area contributed by atoms with Gasteiger partial charge in [0.15, 0.2) is 0 Å². The molecular weight excluding hydrogens is 494 g/mol. The zero-order valence-electron chi connectivity index (χ0n) is 22.0. The Bertz CT molecular complexity index is 1290. The van der Waals surface area contributed by atoms with E-state index in [1.165, 1.54) is 11.1 Å². The summed E-state index contributed by atoms with van der Waals surface area (Å²) in [5.74, 6) is 0.335. The Balaban J connectivity index is 1.22. The number of aromatic nitrogens is 2. The molecule has 4 N–H and O–H groups in total. The standard InChI is InChI=1S/C30H35N5O4/c31-27-26-28(34-30(33-27)32-16-4-7-20-5-2-1-3-6-20)39-18-17-35(29(26)38)24-14-12-23(13-15-24)22-10-8-21(9-11-22)19-25(36)37/h1-3,5-6,12-15,21-22H,4,7-11,16-19H2,(H,36,37)(H3,31,32,33,34). The number of aliphatic carboxylic acids is 1. The summed E-state index contributed by atoms with van der Waals surface area (Å²) >= 11 is 0. The number of nitrogens with zero attached hydrogens (tertiary/aromatic N) is 3. The average molecular weight is 530 g/mol. The lowest BCUT2D eigenvalue weighted by atomic mass is 9.77. The highest BCUT2D eigenvalue weighted by Crippen LogP contribution is 2.38. The van der Waals surface area contributed by atoms with Crippen molar-refractivity contribution in [3.8, 4) is 5.88 Å². The summed E-state index contributed by atoms with van der Waals surface area (Å²) in [5, 5.41) is 12.3. The number of nitrogen functional groups attached to an aromatic ring is 1. The highest BCUT2D eigenvalue weighted by molar-refractivity contribution is 6.10. The van der Waals surface area contributed by atoms with Crippen molar-refractivity contribution < 1.29 is 19.4 Å². The molecule has 1 fully saturated rings. The SMILES string of the molecule is Nc1nc(NCCCc2ccccc2)nc2c1C(=O)N(c1ccc(C3CCC(CC(=O)O)CC3)cc1)CCO2. The van der Waals surface area contributed by atoms with Gasteiger partial charge < -0.3 is 25.8 Å². The van der Waals surface area contributed by atoms with E-state index in [0.717, 1.165) is 44.2 Å². The molecule has 0 spiro atoms. The van der Waals surface area contributed by atoms with Gasteiger partial charge in [-0.1, -0.05) is 42.5 Å². The fourth-order valence-electron chi connectivity index (χ4n) is 5.57. The number of amides is 1. The molecule has 2 aromatic carbocycles. The number of carbonyl (C=O) groups is 2. The van der Waals surface area contributed by atoms with Crippen molar-refractivity contribution >= 4 is 29.3 Å². The van der Waals surface area contributed by atoms with Crippen molar-refractivity contribution in [3.63, 3.8) is 0 Å². The molecule has 0 atom stereocenters. The molecule has 1 aliphatic carbocycles. The van der Waals surface area contributed by atoms with Crippen LogP contribution in [0.2, 0.25) is 0 Å². The fourth-order valence-corrected chi connectivity index (χ4v) is 5.57. The summed E-state index contributed by atoms with van der Waals surface area (Å²) in [6.07, 6.45) is 5.92. The lowest BCUT2D eigenvalue weighted by molar-refractivity contribution is -0.138. The molecular formula is C30H35N5O4. The van der Waals surface area contributed by atoms with Crippen LogP contribution in [0.4, 0.5) is 17.5 Å². The molecule has 1 amide bonds. The van der Waals surface area contributed by atoms with E-state index in [-0.39, 0.29) is 42.1 Å². The fraction of sp³-hybridized carbons (Fsp3) is 0.400. The number of aryl methyl sites for hydroxylation is 1. The summed E-state index contributed by atoms with van der Waals surface area (Å²) in [5.41, 5.74) is 9.68. The van der Waals surface area contributed by atoms with E-state index in [9.17, 15) is 9.59 Å². The Kier molecular flexibility index (Phi) is 8.24. The largest absolute Gasteiger partial charge is 0.481 e. The van der Waals surface area contributed by atoms with Crippen LogP contribution in [0.25, 0.3) is 0 Å². The lowest BCUT2D eigenvalue weighted by Gasteiger charge is -2.28. The molecule has 1 aliphatic heterocycles. The molecule has 9 nitrogen and oxygen atoms in total. The normalized spacial score (nSPS) is 19.1. The van der Waals surface area contributed by atoms with E-state index in [2.05, 4.69) is 39.6 Å². The minimum atomic E-state index is -0.715. The second-order valence-electron chi connectivity index (χ2n) is 10.3. The molecule has 0 unspecified atom stereocenters. The highest BCUT2D eigenvalue weighted by Gasteiger charge is 2.30. The number of benzene rings is 2. The third kappa shape index (κ3) is 6.47. The van der Waals surface area contributed by atoms with Crippen LogP contribution < -0.4 is 20.7 Å². The Labute approximate surface area is 228 Å². The van der Waals surface area contributed by atoms with Gasteiger partial charge in [0, 0.05) is 18.7 Å². The van der Waals surface area contributed by atoms with Crippen LogP contribution >= 0.6 is 0 Å². The number of hydrogen-bond donors (Lipinski definition) is 3.